The molecule has 158 valence electrons. The molecule has 0 spiro atoms. The predicted molar refractivity (Wildman–Crippen MR) is 105 cm³/mol. The van der Waals surface area contributed by atoms with E-state index in [4.69, 9.17) is 9.47 Å². The molecule has 2 atom stereocenters. The number of ketones is 1. The summed E-state index contributed by atoms with van der Waals surface area (Å²) in [5.74, 6) is -2.16. The first kappa shape index (κ1) is 22.4. The van der Waals surface area contributed by atoms with Crippen molar-refractivity contribution >= 4 is 23.8 Å². The lowest BCUT2D eigenvalue weighted by atomic mass is 10.1. The molecule has 0 radical (unpaired) electrons. The summed E-state index contributed by atoms with van der Waals surface area (Å²) < 4.78 is 10.4. The molecule has 1 aliphatic heterocycles. The van der Waals surface area contributed by atoms with Gasteiger partial charge in [-0.2, -0.15) is 0 Å². The molecule has 1 heterocycles. The average Bonchev–Trinajstić information content (AvgIpc) is 3.14. The Morgan fingerprint density at radius 3 is 2.45 bits per heavy atom. The van der Waals surface area contributed by atoms with Crippen molar-refractivity contribution < 1.29 is 28.7 Å². The van der Waals surface area contributed by atoms with E-state index in [0.29, 0.717) is 12.8 Å². The van der Waals surface area contributed by atoms with Crippen LogP contribution in [0, 0.1) is 0 Å². The van der Waals surface area contributed by atoms with Gasteiger partial charge in [0.25, 0.3) is 5.91 Å². The predicted octanol–water partition coefficient (Wildman–Crippen LogP) is 2.20. The van der Waals surface area contributed by atoms with Gasteiger partial charge in [-0.1, -0.05) is 30.3 Å². The van der Waals surface area contributed by atoms with Crippen molar-refractivity contribution in [1.82, 2.24) is 10.2 Å². The Morgan fingerprint density at radius 1 is 1.17 bits per heavy atom. The van der Waals surface area contributed by atoms with Crippen molar-refractivity contribution in [2.75, 3.05) is 6.54 Å². The van der Waals surface area contributed by atoms with Gasteiger partial charge >= 0.3 is 12.1 Å². The van der Waals surface area contributed by atoms with Gasteiger partial charge in [-0.3, -0.25) is 9.59 Å². The molecule has 8 nitrogen and oxygen atoms in total. The van der Waals surface area contributed by atoms with E-state index in [0.717, 1.165) is 5.56 Å². The summed E-state index contributed by atoms with van der Waals surface area (Å²) in [6, 6.07) is 7.33. The van der Waals surface area contributed by atoms with E-state index < -0.39 is 41.4 Å². The normalized spacial score (nSPS) is 17.4. The smallest absolute Gasteiger partial charge is 0.408 e. The molecule has 0 unspecified atom stereocenters. The lowest BCUT2D eigenvalue weighted by Gasteiger charge is -2.25. The molecular formula is C21H28N2O6. The van der Waals surface area contributed by atoms with Crippen molar-refractivity contribution in [3.63, 3.8) is 0 Å². The fraction of sp³-hybridized carbons (Fsp3) is 0.524. The Labute approximate surface area is 170 Å². The Kier molecular flexibility index (Phi) is 7.36. The minimum absolute atomic E-state index is 0.1000. The number of Topliss-reactive ketones (excluding diaryl/α,β-unsaturated/α-hetero) is 1. The Hall–Kier alpha value is -2.90. The maximum Gasteiger partial charge on any atom is 0.408 e. The van der Waals surface area contributed by atoms with Crippen LogP contribution in [-0.2, 0) is 30.5 Å². The number of amides is 2. The van der Waals surface area contributed by atoms with Gasteiger partial charge in [-0.25, -0.2) is 9.59 Å². The number of ether oxygens (including phenoxy) is 2. The molecule has 0 saturated carbocycles. The Morgan fingerprint density at radius 2 is 1.83 bits per heavy atom. The fourth-order valence-corrected chi connectivity index (χ4v) is 2.96. The second-order valence-corrected chi connectivity index (χ2v) is 7.98. The molecule has 2 amide bonds. The van der Waals surface area contributed by atoms with Gasteiger partial charge in [-0.15, -0.1) is 0 Å². The molecule has 0 bridgehead atoms. The topological polar surface area (TPSA) is 102 Å². The van der Waals surface area contributed by atoms with Gasteiger partial charge in [0.05, 0.1) is 6.04 Å². The number of hydrogen-bond donors (Lipinski definition) is 1. The van der Waals surface area contributed by atoms with Crippen LogP contribution < -0.4 is 5.32 Å². The molecule has 1 saturated heterocycles. The first-order valence-electron chi connectivity index (χ1n) is 9.63. The van der Waals surface area contributed by atoms with Gasteiger partial charge < -0.3 is 19.7 Å². The van der Waals surface area contributed by atoms with Crippen LogP contribution in [-0.4, -0.2) is 52.9 Å². The third-order valence-corrected chi connectivity index (χ3v) is 4.35. The van der Waals surface area contributed by atoms with Gasteiger partial charge in [0.15, 0.2) is 0 Å². The summed E-state index contributed by atoms with van der Waals surface area (Å²) in [6.07, 6.45) is 0.241. The molecule has 0 aliphatic carbocycles. The summed E-state index contributed by atoms with van der Waals surface area (Å²) >= 11 is 0. The molecule has 8 heteroatoms. The van der Waals surface area contributed by atoms with Crippen molar-refractivity contribution in [1.29, 1.82) is 0 Å². The molecule has 1 N–H and O–H groups in total. The Balaban J connectivity index is 1.93. The second-order valence-electron chi connectivity index (χ2n) is 7.98. The highest BCUT2D eigenvalue weighted by Crippen LogP contribution is 2.20. The molecule has 2 rings (SSSR count). The van der Waals surface area contributed by atoms with Gasteiger partial charge in [0.2, 0.25) is 5.78 Å². The minimum atomic E-state index is -1.07. The number of rotatable bonds is 6. The summed E-state index contributed by atoms with van der Waals surface area (Å²) in [4.78, 5) is 50.6. The number of benzene rings is 1. The van der Waals surface area contributed by atoms with E-state index in [2.05, 4.69) is 5.32 Å². The van der Waals surface area contributed by atoms with E-state index in [9.17, 15) is 19.2 Å². The van der Waals surface area contributed by atoms with Crippen LogP contribution >= 0.6 is 0 Å². The zero-order valence-electron chi connectivity index (χ0n) is 17.3. The summed E-state index contributed by atoms with van der Waals surface area (Å²) in [5, 5.41) is 2.36. The highest BCUT2D eigenvalue weighted by atomic mass is 16.6. The monoisotopic (exact) mass is 404 g/mol. The van der Waals surface area contributed by atoms with Gasteiger partial charge in [-0.05, 0) is 46.1 Å². The van der Waals surface area contributed by atoms with E-state index in [1.54, 1.807) is 20.8 Å². The third kappa shape index (κ3) is 6.58. The molecule has 1 aromatic rings. The maximum absolute atomic E-state index is 12.6. The highest BCUT2D eigenvalue weighted by molar-refractivity contribution is 6.38. The van der Waals surface area contributed by atoms with Crippen LogP contribution in [0.5, 0.6) is 0 Å². The summed E-state index contributed by atoms with van der Waals surface area (Å²) in [7, 11) is 0. The van der Waals surface area contributed by atoms with E-state index >= 15 is 0 Å². The standard InChI is InChI=1S/C21H28N2O6/c1-14(22-20(27)29-21(2,3)4)17(24)18(25)23-12-8-11-16(23)19(26)28-13-15-9-6-5-7-10-15/h5-7,9-10,14,16H,8,11-13H2,1-4H3,(H,22,27)/t14-,16-/m0/s1. The zero-order valence-corrected chi connectivity index (χ0v) is 17.3. The van der Waals surface area contributed by atoms with Crippen LogP contribution in [0.1, 0.15) is 46.1 Å². The van der Waals surface area contributed by atoms with Crippen molar-refractivity contribution in [3.05, 3.63) is 35.9 Å². The number of carbonyl (C=O) groups is 4. The largest absolute Gasteiger partial charge is 0.459 e. The number of carbonyl (C=O) groups excluding carboxylic acids is 4. The fourth-order valence-electron chi connectivity index (χ4n) is 2.96. The molecule has 1 fully saturated rings. The second kappa shape index (κ2) is 9.54. The highest BCUT2D eigenvalue weighted by Gasteiger charge is 2.39. The van der Waals surface area contributed by atoms with Crippen molar-refractivity contribution in [2.45, 2.75) is 64.8 Å². The lowest BCUT2D eigenvalue weighted by Crippen LogP contribution is -2.51. The number of hydrogen-bond acceptors (Lipinski definition) is 6. The quantitative estimate of drug-likeness (QED) is 0.576. The number of nitrogens with zero attached hydrogens (tertiary/aromatic N) is 1. The molecule has 1 aliphatic rings. The van der Waals surface area contributed by atoms with Gasteiger partial charge in [0.1, 0.15) is 18.2 Å². The van der Waals surface area contributed by atoms with Crippen LogP contribution in [0.4, 0.5) is 4.79 Å². The molecular weight excluding hydrogens is 376 g/mol. The SMILES string of the molecule is C[C@H](NC(=O)OC(C)(C)C)C(=O)C(=O)N1CCC[C@H]1C(=O)OCc1ccccc1. The van der Waals surface area contributed by atoms with E-state index in [1.165, 1.54) is 11.8 Å². The minimum Gasteiger partial charge on any atom is -0.459 e. The number of nitrogens with one attached hydrogen (secondary N) is 1. The average molecular weight is 404 g/mol. The number of alkyl carbamates (subject to hydrolysis) is 1. The summed E-state index contributed by atoms with van der Waals surface area (Å²) in [6.45, 7) is 6.88. The van der Waals surface area contributed by atoms with E-state index in [1.807, 2.05) is 30.3 Å². The Bertz CT molecular complexity index is 756. The third-order valence-electron chi connectivity index (χ3n) is 4.35. The lowest BCUT2D eigenvalue weighted by molar-refractivity contribution is -0.156. The van der Waals surface area contributed by atoms with Crippen molar-refractivity contribution in [3.8, 4) is 0 Å². The van der Waals surface area contributed by atoms with Crippen LogP contribution in [0.25, 0.3) is 0 Å². The first-order chi connectivity index (χ1) is 13.6. The number of likely N-dealkylation sites (tertiary alicyclic amines) is 1. The van der Waals surface area contributed by atoms with Crippen LogP contribution in [0.3, 0.4) is 0 Å². The summed E-state index contributed by atoms with van der Waals surface area (Å²) in [5.41, 5.74) is 0.113. The maximum atomic E-state index is 12.6. The van der Waals surface area contributed by atoms with Crippen LogP contribution in [0.2, 0.25) is 0 Å². The first-order valence-corrected chi connectivity index (χ1v) is 9.63. The zero-order chi connectivity index (χ0) is 21.6. The molecule has 0 aromatic heterocycles. The molecule has 29 heavy (non-hydrogen) atoms. The van der Waals surface area contributed by atoms with E-state index in [-0.39, 0.29) is 13.2 Å². The molecule has 1 aromatic carbocycles. The van der Waals surface area contributed by atoms with Crippen molar-refractivity contribution in [2.24, 2.45) is 0 Å². The number of esters is 1. The van der Waals surface area contributed by atoms with Crippen LogP contribution in [0.15, 0.2) is 30.3 Å². The van der Waals surface area contributed by atoms with Gasteiger partial charge in [0, 0.05) is 6.54 Å².